The van der Waals surface area contributed by atoms with Crippen molar-refractivity contribution in [1.82, 2.24) is 5.32 Å². The van der Waals surface area contributed by atoms with Gasteiger partial charge in [0.05, 0.1) is 23.3 Å². The molecule has 2 fully saturated rings. The van der Waals surface area contributed by atoms with Gasteiger partial charge in [0.15, 0.2) is 0 Å². The highest BCUT2D eigenvalue weighted by molar-refractivity contribution is 5.56. The van der Waals surface area contributed by atoms with Crippen LogP contribution >= 0.6 is 0 Å². The molecule has 1 N–H and O–H groups in total. The molecule has 2 heterocycles. The molecule has 164 valence electrons. The molecule has 5 heteroatoms. The largest absolute Gasteiger partial charge is 0.371 e. The van der Waals surface area contributed by atoms with E-state index >= 15 is 0 Å². The molecule has 31 heavy (non-hydrogen) atoms. The highest BCUT2D eigenvalue weighted by atomic mass is 19.1. The first-order valence-electron chi connectivity index (χ1n) is 11.2. The number of nitrogens with one attached hydrogen (secondary N) is 1. The highest BCUT2D eigenvalue weighted by Crippen LogP contribution is 2.24. The van der Waals surface area contributed by atoms with Gasteiger partial charge in [-0.05, 0) is 107 Å². The topological polar surface area (TPSA) is 62.9 Å². The van der Waals surface area contributed by atoms with Crippen molar-refractivity contribution in [2.75, 3.05) is 31.1 Å². The van der Waals surface area contributed by atoms with Gasteiger partial charge in [-0.25, -0.2) is 4.39 Å². The van der Waals surface area contributed by atoms with Crippen LogP contribution in [0.3, 0.4) is 0 Å². The van der Waals surface area contributed by atoms with Crippen molar-refractivity contribution < 1.29 is 4.39 Å². The maximum Gasteiger partial charge on any atom is 0.126 e. The molecule has 0 bridgehead atoms. The molecule has 0 spiro atoms. The lowest BCUT2D eigenvalue weighted by atomic mass is 10.1. The number of halogens is 1. The summed E-state index contributed by atoms with van der Waals surface area (Å²) in [6, 6.07) is 14.4. The van der Waals surface area contributed by atoms with Crippen LogP contribution in [-0.2, 0) is 0 Å². The first kappa shape index (κ1) is 24.4. The number of hydrogen-bond donors (Lipinski definition) is 1. The zero-order valence-corrected chi connectivity index (χ0v) is 18.8. The van der Waals surface area contributed by atoms with Gasteiger partial charge in [0.25, 0.3) is 0 Å². The fourth-order valence-electron chi connectivity index (χ4n) is 3.73. The van der Waals surface area contributed by atoms with Crippen molar-refractivity contribution in [2.24, 2.45) is 0 Å². The van der Waals surface area contributed by atoms with Crippen molar-refractivity contribution >= 4 is 5.69 Å². The molecule has 0 atom stereocenters. The number of anilines is 1. The van der Waals surface area contributed by atoms with Gasteiger partial charge in [-0.3, -0.25) is 0 Å². The van der Waals surface area contributed by atoms with Crippen molar-refractivity contribution in [3.05, 3.63) is 64.5 Å². The molecule has 2 aromatic rings. The van der Waals surface area contributed by atoms with Crippen LogP contribution in [0.15, 0.2) is 36.4 Å². The summed E-state index contributed by atoms with van der Waals surface area (Å²) >= 11 is 0. The number of nitriles is 2. The number of nitrogens with zero attached hydrogens (tertiary/aromatic N) is 3. The third-order valence-electron chi connectivity index (χ3n) is 5.52. The lowest BCUT2D eigenvalue weighted by Gasteiger charge is -2.30. The Morgan fingerprint density at radius 3 is 1.77 bits per heavy atom. The fourth-order valence-corrected chi connectivity index (χ4v) is 3.73. The average Bonchev–Trinajstić information content (AvgIpc) is 2.83. The molecular formula is C26H33FN4. The summed E-state index contributed by atoms with van der Waals surface area (Å²) < 4.78 is 12.5. The second kappa shape index (κ2) is 13.4. The third-order valence-corrected chi connectivity index (χ3v) is 5.52. The van der Waals surface area contributed by atoms with Crippen molar-refractivity contribution in [3.63, 3.8) is 0 Å². The van der Waals surface area contributed by atoms with Crippen molar-refractivity contribution in [3.8, 4) is 12.1 Å². The van der Waals surface area contributed by atoms with Gasteiger partial charge in [0.2, 0.25) is 0 Å². The van der Waals surface area contributed by atoms with Crippen LogP contribution < -0.4 is 10.2 Å². The van der Waals surface area contributed by atoms with Crippen molar-refractivity contribution in [2.45, 2.75) is 52.4 Å². The van der Waals surface area contributed by atoms with Gasteiger partial charge in [0, 0.05) is 18.8 Å². The van der Waals surface area contributed by atoms with Gasteiger partial charge in [-0.15, -0.1) is 0 Å². The maximum absolute atomic E-state index is 12.5. The van der Waals surface area contributed by atoms with Crippen LogP contribution in [0.1, 0.15) is 60.8 Å². The minimum atomic E-state index is -0.265. The minimum Gasteiger partial charge on any atom is -0.371 e. The Labute approximate surface area is 186 Å². The molecule has 0 unspecified atom stereocenters. The normalized spacial score (nSPS) is 15.3. The second-order valence-electron chi connectivity index (χ2n) is 8.05. The molecule has 0 amide bonds. The van der Waals surface area contributed by atoms with Gasteiger partial charge in [-0.1, -0.05) is 6.42 Å². The lowest BCUT2D eigenvalue weighted by Crippen LogP contribution is -2.29. The first-order valence-corrected chi connectivity index (χ1v) is 11.2. The van der Waals surface area contributed by atoms with E-state index in [2.05, 4.69) is 29.3 Å². The summed E-state index contributed by atoms with van der Waals surface area (Å²) in [5.74, 6) is -0.265. The van der Waals surface area contributed by atoms with Crippen LogP contribution in [0.2, 0.25) is 0 Å². The van der Waals surface area contributed by atoms with E-state index in [1.807, 2.05) is 18.2 Å². The van der Waals surface area contributed by atoms with E-state index in [9.17, 15) is 4.39 Å². The van der Waals surface area contributed by atoms with Crippen LogP contribution in [0.25, 0.3) is 0 Å². The molecule has 0 aromatic heterocycles. The van der Waals surface area contributed by atoms with E-state index in [0.29, 0.717) is 11.1 Å². The maximum atomic E-state index is 12.5. The highest BCUT2D eigenvalue weighted by Gasteiger charge is 2.12. The number of benzene rings is 2. The third kappa shape index (κ3) is 8.40. The fraction of sp³-hybridized carbons (Fsp3) is 0.462. The predicted octanol–water partition coefficient (Wildman–Crippen LogP) is 5.62. The van der Waals surface area contributed by atoms with E-state index in [1.54, 1.807) is 6.92 Å². The number of hydrogen-bond acceptors (Lipinski definition) is 4. The SMILES string of the molecule is C1CCNCC1.Cc1cc(C#N)ccc1F.Cc1cc(C#N)ccc1N1CCCCC1. The summed E-state index contributed by atoms with van der Waals surface area (Å²) in [5.41, 5.74) is 4.29. The van der Waals surface area contributed by atoms with E-state index in [1.165, 1.54) is 81.1 Å². The quantitative estimate of drug-likeness (QED) is 0.650. The Bertz CT molecular complexity index is 889. The number of aryl methyl sites for hydroxylation is 2. The van der Waals surface area contributed by atoms with Gasteiger partial charge in [0.1, 0.15) is 5.82 Å². The summed E-state index contributed by atoms with van der Waals surface area (Å²) in [5, 5.41) is 20.5. The first-order chi connectivity index (χ1) is 15.0. The molecule has 0 saturated carbocycles. The van der Waals surface area contributed by atoms with Gasteiger partial charge >= 0.3 is 0 Å². The molecule has 2 saturated heterocycles. The molecule has 2 aliphatic rings. The average molecular weight is 421 g/mol. The molecule has 0 aliphatic carbocycles. The Hall–Kier alpha value is -2.89. The summed E-state index contributed by atoms with van der Waals surface area (Å²) in [7, 11) is 0. The van der Waals surface area contributed by atoms with E-state index in [4.69, 9.17) is 10.5 Å². The predicted molar refractivity (Wildman–Crippen MR) is 125 cm³/mol. The number of rotatable bonds is 1. The molecule has 0 radical (unpaired) electrons. The molecule has 2 aliphatic heterocycles. The second-order valence-corrected chi connectivity index (χ2v) is 8.05. The van der Waals surface area contributed by atoms with E-state index in [-0.39, 0.29) is 5.82 Å². The van der Waals surface area contributed by atoms with Gasteiger partial charge in [-0.2, -0.15) is 10.5 Å². The lowest BCUT2D eigenvalue weighted by molar-refractivity contribution is 0.520. The van der Waals surface area contributed by atoms with E-state index < -0.39 is 0 Å². The molecule has 2 aromatic carbocycles. The summed E-state index contributed by atoms with van der Waals surface area (Å²) in [6.07, 6.45) is 8.15. The molecule has 4 nitrogen and oxygen atoms in total. The zero-order chi connectivity index (χ0) is 22.5. The Balaban J connectivity index is 0.000000183. The summed E-state index contributed by atoms with van der Waals surface area (Å²) in [4.78, 5) is 2.43. The molecule has 4 rings (SSSR count). The van der Waals surface area contributed by atoms with E-state index in [0.717, 1.165) is 18.7 Å². The monoisotopic (exact) mass is 420 g/mol. The van der Waals surface area contributed by atoms with Gasteiger partial charge < -0.3 is 10.2 Å². The Morgan fingerprint density at radius 2 is 1.32 bits per heavy atom. The van der Waals surface area contributed by atoms with Crippen molar-refractivity contribution in [1.29, 1.82) is 10.5 Å². The zero-order valence-electron chi connectivity index (χ0n) is 18.8. The van der Waals surface area contributed by atoms with Crippen LogP contribution in [0.4, 0.5) is 10.1 Å². The van der Waals surface area contributed by atoms with Crippen LogP contribution in [-0.4, -0.2) is 26.2 Å². The smallest absolute Gasteiger partial charge is 0.126 e. The van der Waals surface area contributed by atoms with Crippen LogP contribution in [0.5, 0.6) is 0 Å². The van der Waals surface area contributed by atoms with Crippen LogP contribution in [0, 0.1) is 42.3 Å². The standard InChI is InChI=1S/C13H16N2.C8H6FN.C5H11N/c1-11-9-12(10-14)5-6-13(11)15-7-3-2-4-8-15;1-6-4-7(5-10)2-3-8(6)9;1-2-4-6-5-3-1/h5-6,9H,2-4,7-8H2,1H3;2-4H,1H3;6H,1-5H2. The molecular weight excluding hydrogens is 387 g/mol. The number of piperidine rings is 2. The summed E-state index contributed by atoms with van der Waals surface area (Å²) in [6.45, 7) is 8.54. The Kier molecular flexibility index (Phi) is 10.6. The Morgan fingerprint density at radius 1 is 0.774 bits per heavy atom. The minimum absolute atomic E-state index is 0.265.